The number of aromatic nitrogens is 2. The number of carbonyl (C=O) groups is 2. The van der Waals surface area contributed by atoms with Gasteiger partial charge in [-0.15, -0.1) is 0 Å². The van der Waals surface area contributed by atoms with E-state index >= 15 is 0 Å². The fourth-order valence-electron chi connectivity index (χ4n) is 2.36. The van der Waals surface area contributed by atoms with Gasteiger partial charge in [0.15, 0.2) is 11.2 Å². The van der Waals surface area contributed by atoms with E-state index in [0.717, 1.165) is 23.6 Å². The molecule has 26 heavy (non-hydrogen) atoms. The van der Waals surface area contributed by atoms with E-state index < -0.39 is 12.0 Å². The average Bonchev–Trinajstić information content (AvgIpc) is 3.02. The molecule has 0 bridgehead atoms. The number of hydrogen-bond acceptors (Lipinski definition) is 6. The van der Waals surface area contributed by atoms with Crippen LogP contribution >= 0.6 is 23.5 Å². The summed E-state index contributed by atoms with van der Waals surface area (Å²) >= 11 is 3.09. The van der Waals surface area contributed by atoms with E-state index in [1.165, 1.54) is 18.9 Å². The van der Waals surface area contributed by atoms with Crippen molar-refractivity contribution in [3.8, 4) is 0 Å². The van der Waals surface area contributed by atoms with Gasteiger partial charge in [-0.05, 0) is 24.5 Å². The molecular formula is C18H23N3O3S2. The lowest BCUT2D eigenvalue weighted by Gasteiger charge is -2.16. The van der Waals surface area contributed by atoms with E-state index in [-0.39, 0.29) is 11.7 Å². The molecule has 0 aliphatic carbocycles. The smallest absolute Gasteiger partial charge is 0.333 e. The molecule has 0 fully saturated rings. The average molecular weight is 394 g/mol. The number of aryl methyl sites for hydroxylation is 2. The number of carbonyl (C=O) groups excluding carboxylic acids is 2. The van der Waals surface area contributed by atoms with Gasteiger partial charge >= 0.3 is 5.97 Å². The second-order valence-corrected chi connectivity index (χ2v) is 7.53. The van der Waals surface area contributed by atoms with Crippen molar-refractivity contribution >= 4 is 35.4 Å². The van der Waals surface area contributed by atoms with E-state index in [0.29, 0.717) is 10.7 Å². The minimum Gasteiger partial charge on any atom is -0.467 e. The van der Waals surface area contributed by atoms with Gasteiger partial charge in [-0.1, -0.05) is 42.1 Å². The van der Waals surface area contributed by atoms with Crippen molar-refractivity contribution in [2.24, 2.45) is 0 Å². The second kappa shape index (κ2) is 10.3. The summed E-state index contributed by atoms with van der Waals surface area (Å²) in [6, 6.07) is 8.22. The molecule has 0 spiro atoms. The largest absolute Gasteiger partial charge is 0.467 e. The molecule has 2 rings (SSSR count). The first kappa shape index (κ1) is 20.4. The first-order chi connectivity index (χ1) is 12.5. The Hall–Kier alpha value is -1.93. The summed E-state index contributed by atoms with van der Waals surface area (Å²) in [7, 11) is 1.31. The molecule has 2 N–H and O–H groups in total. The molecule has 0 aliphatic heterocycles. The van der Waals surface area contributed by atoms with Crippen LogP contribution < -0.4 is 5.32 Å². The molecule has 1 atom stereocenters. The Morgan fingerprint density at radius 2 is 2.04 bits per heavy atom. The van der Waals surface area contributed by atoms with Crippen LogP contribution in [0.5, 0.6) is 0 Å². The van der Waals surface area contributed by atoms with E-state index in [4.69, 9.17) is 4.74 Å². The lowest BCUT2D eigenvalue weighted by atomic mass is 10.1. The van der Waals surface area contributed by atoms with E-state index in [1.807, 2.05) is 25.1 Å². The minimum absolute atomic E-state index is 0.162. The number of thioether (sulfide) groups is 2. The summed E-state index contributed by atoms with van der Waals surface area (Å²) in [5.74, 6) is 0.417. The Kier molecular flexibility index (Phi) is 8.06. The van der Waals surface area contributed by atoms with Crippen LogP contribution in [0.2, 0.25) is 0 Å². The van der Waals surface area contributed by atoms with E-state index in [1.54, 1.807) is 23.9 Å². The quantitative estimate of drug-likeness (QED) is 0.503. The molecule has 2 aromatic rings. The fourth-order valence-corrected chi connectivity index (χ4v) is 3.50. The Bertz CT molecular complexity index is 735. The molecule has 0 radical (unpaired) electrons. The highest BCUT2D eigenvalue weighted by Gasteiger charge is 2.23. The number of benzene rings is 1. The van der Waals surface area contributed by atoms with Gasteiger partial charge in [0.05, 0.1) is 18.6 Å². The predicted molar refractivity (Wildman–Crippen MR) is 105 cm³/mol. The van der Waals surface area contributed by atoms with Crippen LogP contribution in [-0.4, -0.2) is 46.7 Å². The summed E-state index contributed by atoms with van der Waals surface area (Å²) in [5.41, 5.74) is 2.74. The van der Waals surface area contributed by atoms with Gasteiger partial charge in [0.2, 0.25) is 5.91 Å². The lowest BCUT2D eigenvalue weighted by molar-refractivity contribution is -0.145. The van der Waals surface area contributed by atoms with Crippen molar-refractivity contribution < 1.29 is 14.3 Å². The van der Waals surface area contributed by atoms with Crippen LogP contribution in [0.3, 0.4) is 0 Å². The Morgan fingerprint density at radius 1 is 1.31 bits per heavy atom. The maximum atomic E-state index is 12.3. The predicted octanol–water partition coefficient (Wildman–Crippen LogP) is 2.75. The van der Waals surface area contributed by atoms with E-state index in [2.05, 4.69) is 21.5 Å². The number of amides is 1. The standard InChI is InChI=1S/C18H23N3O3S2/c1-12-14(9-10-25-3)20-18(19-12)26-11-15(22)21-16(17(23)24-2)13-7-5-4-6-8-13/h4-8,16H,9-11H2,1-3H3,(H,19,20)(H,21,22)/t16-/m0/s1. The van der Waals surface area contributed by atoms with Crippen LogP contribution in [0.25, 0.3) is 0 Å². The molecule has 1 heterocycles. The molecule has 140 valence electrons. The molecule has 0 saturated heterocycles. The van der Waals surface area contributed by atoms with Gasteiger partial charge in [0.1, 0.15) is 0 Å². The first-order valence-corrected chi connectivity index (χ1v) is 10.5. The molecule has 0 aliphatic rings. The summed E-state index contributed by atoms with van der Waals surface area (Å²) in [6.45, 7) is 1.98. The van der Waals surface area contributed by atoms with Crippen molar-refractivity contribution in [3.05, 3.63) is 47.3 Å². The number of nitrogens with zero attached hydrogens (tertiary/aromatic N) is 1. The number of nitrogens with one attached hydrogen (secondary N) is 2. The first-order valence-electron chi connectivity index (χ1n) is 8.14. The van der Waals surface area contributed by atoms with Crippen LogP contribution in [-0.2, 0) is 20.7 Å². The van der Waals surface area contributed by atoms with Gasteiger partial charge in [-0.25, -0.2) is 9.78 Å². The monoisotopic (exact) mass is 393 g/mol. The summed E-state index contributed by atoms with van der Waals surface area (Å²) in [6.07, 6.45) is 2.96. The third-order valence-electron chi connectivity index (χ3n) is 3.72. The fraction of sp³-hybridized carbons (Fsp3) is 0.389. The number of H-pyrrole nitrogens is 1. The van der Waals surface area contributed by atoms with E-state index in [9.17, 15) is 9.59 Å². The maximum Gasteiger partial charge on any atom is 0.333 e. The van der Waals surface area contributed by atoms with Crippen molar-refractivity contribution in [3.63, 3.8) is 0 Å². The number of rotatable bonds is 9. The topological polar surface area (TPSA) is 84.1 Å². The number of methoxy groups -OCH3 is 1. The summed E-state index contributed by atoms with van der Waals surface area (Å²) in [4.78, 5) is 32.0. The molecule has 1 amide bonds. The molecule has 1 aromatic heterocycles. The summed E-state index contributed by atoms with van der Waals surface area (Å²) in [5, 5.41) is 3.44. The number of aromatic amines is 1. The van der Waals surface area contributed by atoms with Crippen LogP contribution in [0, 0.1) is 6.92 Å². The zero-order chi connectivity index (χ0) is 18.9. The van der Waals surface area contributed by atoms with Crippen LogP contribution in [0.15, 0.2) is 35.5 Å². The molecule has 0 saturated carbocycles. The van der Waals surface area contributed by atoms with Crippen molar-refractivity contribution in [1.82, 2.24) is 15.3 Å². The third kappa shape index (κ3) is 5.81. The molecule has 1 aromatic carbocycles. The highest BCUT2D eigenvalue weighted by molar-refractivity contribution is 7.99. The molecule has 0 unspecified atom stereocenters. The Labute approximate surface area is 161 Å². The van der Waals surface area contributed by atoms with Gasteiger partial charge < -0.3 is 15.0 Å². The Morgan fingerprint density at radius 3 is 2.69 bits per heavy atom. The van der Waals surface area contributed by atoms with Crippen molar-refractivity contribution in [2.45, 2.75) is 24.5 Å². The SMILES string of the molecule is COC(=O)[C@@H](NC(=O)CSc1nc(CCSC)c(C)[nH]1)c1ccccc1. The molecular weight excluding hydrogens is 370 g/mol. The van der Waals surface area contributed by atoms with Gasteiger partial charge in [-0.2, -0.15) is 11.8 Å². The highest BCUT2D eigenvalue weighted by Crippen LogP contribution is 2.19. The van der Waals surface area contributed by atoms with Gasteiger partial charge in [0, 0.05) is 12.1 Å². The number of ether oxygens (including phenoxy) is 1. The molecule has 8 heteroatoms. The van der Waals surface area contributed by atoms with Crippen molar-refractivity contribution in [2.75, 3.05) is 24.9 Å². The lowest BCUT2D eigenvalue weighted by Crippen LogP contribution is -2.35. The van der Waals surface area contributed by atoms with Crippen LogP contribution in [0.1, 0.15) is 23.0 Å². The highest BCUT2D eigenvalue weighted by atomic mass is 32.2. The normalized spacial score (nSPS) is 11.8. The van der Waals surface area contributed by atoms with Gasteiger partial charge in [-0.3, -0.25) is 4.79 Å². The zero-order valence-electron chi connectivity index (χ0n) is 15.1. The number of imidazole rings is 1. The molecule has 6 nitrogen and oxygen atoms in total. The maximum absolute atomic E-state index is 12.3. The third-order valence-corrected chi connectivity index (χ3v) is 5.21. The number of esters is 1. The minimum atomic E-state index is -0.815. The zero-order valence-corrected chi connectivity index (χ0v) is 16.7. The van der Waals surface area contributed by atoms with Gasteiger partial charge in [0.25, 0.3) is 0 Å². The summed E-state index contributed by atoms with van der Waals surface area (Å²) < 4.78 is 4.81. The Balaban J connectivity index is 1.95. The van der Waals surface area contributed by atoms with Crippen LogP contribution in [0.4, 0.5) is 0 Å². The second-order valence-electron chi connectivity index (χ2n) is 5.58. The van der Waals surface area contributed by atoms with Crippen molar-refractivity contribution in [1.29, 1.82) is 0 Å². The number of hydrogen-bond donors (Lipinski definition) is 2.